The third-order valence-electron chi connectivity index (χ3n) is 2.40. The third kappa shape index (κ3) is 3.87. The lowest BCUT2D eigenvalue weighted by molar-refractivity contribution is -0.119. The second kappa shape index (κ2) is 5.25. The maximum absolute atomic E-state index is 11.9. The van der Waals surface area contributed by atoms with E-state index < -0.39 is 6.04 Å². The SMILES string of the molecule is CC(C)(C)C(N)C(=O)Nc1cc(Cl)ccc1Cl. The lowest BCUT2D eigenvalue weighted by Crippen LogP contribution is -2.45. The van der Waals surface area contributed by atoms with E-state index in [-0.39, 0.29) is 11.3 Å². The minimum atomic E-state index is -0.613. The molecule has 0 aliphatic rings. The molecule has 1 aromatic rings. The lowest BCUT2D eigenvalue weighted by atomic mass is 9.87. The predicted octanol–water partition coefficient (Wildman–Crippen LogP) is 3.31. The van der Waals surface area contributed by atoms with E-state index in [9.17, 15) is 4.79 Å². The summed E-state index contributed by atoms with van der Waals surface area (Å²) in [5, 5.41) is 3.62. The van der Waals surface area contributed by atoms with Gasteiger partial charge < -0.3 is 11.1 Å². The monoisotopic (exact) mass is 274 g/mol. The van der Waals surface area contributed by atoms with Gasteiger partial charge in [0.15, 0.2) is 0 Å². The predicted molar refractivity (Wildman–Crippen MR) is 72.5 cm³/mol. The molecule has 17 heavy (non-hydrogen) atoms. The van der Waals surface area contributed by atoms with E-state index in [1.54, 1.807) is 18.2 Å². The molecule has 0 radical (unpaired) electrons. The van der Waals surface area contributed by atoms with Gasteiger partial charge in [-0.3, -0.25) is 4.79 Å². The number of carbonyl (C=O) groups is 1. The van der Waals surface area contributed by atoms with Crippen LogP contribution in [0.25, 0.3) is 0 Å². The Labute approximate surface area is 111 Å². The van der Waals surface area contributed by atoms with Crippen LogP contribution in [0.3, 0.4) is 0 Å². The van der Waals surface area contributed by atoms with Crippen molar-refractivity contribution >= 4 is 34.8 Å². The van der Waals surface area contributed by atoms with Gasteiger partial charge in [-0.2, -0.15) is 0 Å². The molecule has 0 saturated heterocycles. The quantitative estimate of drug-likeness (QED) is 0.870. The first-order valence-corrected chi connectivity index (χ1v) is 5.99. The molecule has 0 aliphatic heterocycles. The zero-order valence-electron chi connectivity index (χ0n) is 10.1. The summed E-state index contributed by atoms with van der Waals surface area (Å²) in [6.07, 6.45) is 0. The van der Waals surface area contributed by atoms with Crippen LogP contribution in [0.4, 0.5) is 5.69 Å². The van der Waals surface area contributed by atoms with Crippen LogP contribution < -0.4 is 11.1 Å². The first kappa shape index (κ1) is 14.3. The highest BCUT2D eigenvalue weighted by Gasteiger charge is 2.27. The van der Waals surface area contributed by atoms with Gasteiger partial charge in [-0.1, -0.05) is 44.0 Å². The minimum absolute atomic E-state index is 0.276. The highest BCUT2D eigenvalue weighted by Crippen LogP contribution is 2.26. The molecule has 0 heterocycles. The molecule has 0 aliphatic carbocycles. The number of hydrogen-bond acceptors (Lipinski definition) is 2. The summed E-state index contributed by atoms with van der Waals surface area (Å²) < 4.78 is 0. The molecule has 0 spiro atoms. The van der Waals surface area contributed by atoms with E-state index in [0.29, 0.717) is 15.7 Å². The summed E-state index contributed by atoms with van der Waals surface area (Å²) in [6, 6.07) is 4.26. The smallest absolute Gasteiger partial charge is 0.241 e. The van der Waals surface area contributed by atoms with Gasteiger partial charge >= 0.3 is 0 Å². The zero-order chi connectivity index (χ0) is 13.2. The van der Waals surface area contributed by atoms with Gasteiger partial charge in [0.1, 0.15) is 0 Å². The molecule has 5 heteroatoms. The average molecular weight is 275 g/mol. The number of halogens is 2. The van der Waals surface area contributed by atoms with Crippen LogP contribution in [-0.4, -0.2) is 11.9 Å². The van der Waals surface area contributed by atoms with E-state index in [4.69, 9.17) is 28.9 Å². The molecule has 0 saturated carbocycles. The summed E-state index contributed by atoms with van der Waals surface area (Å²) in [4.78, 5) is 11.9. The van der Waals surface area contributed by atoms with Crippen molar-refractivity contribution in [3.8, 4) is 0 Å². The van der Waals surface area contributed by atoms with Crippen molar-refractivity contribution < 1.29 is 4.79 Å². The Morgan fingerprint density at radius 2 is 1.94 bits per heavy atom. The Morgan fingerprint density at radius 3 is 2.47 bits per heavy atom. The zero-order valence-corrected chi connectivity index (χ0v) is 11.6. The minimum Gasteiger partial charge on any atom is -0.323 e. The van der Waals surface area contributed by atoms with E-state index >= 15 is 0 Å². The molecule has 3 N–H and O–H groups in total. The first-order valence-electron chi connectivity index (χ1n) is 5.23. The molecule has 1 rings (SSSR count). The number of anilines is 1. The van der Waals surface area contributed by atoms with Crippen LogP contribution in [0.15, 0.2) is 18.2 Å². The number of carbonyl (C=O) groups excluding carboxylic acids is 1. The van der Waals surface area contributed by atoms with Gasteiger partial charge in [0.05, 0.1) is 16.8 Å². The summed E-state index contributed by atoms with van der Waals surface area (Å²) >= 11 is 11.8. The van der Waals surface area contributed by atoms with Gasteiger partial charge in [0.25, 0.3) is 0 Å². The fraction of sp³-hybridized carbons (Fsp3) is 0.417. The third-order valence-corrected chi connectivity index (χ3v) is 2.97. The highest BCUT2D eigenvalue weighted by molar-refractivity contribution is 6.35. The second-order valence-electron chi connectivity index (χ2n) is 4.96. The van der Waals surface area contributed by atoms with Crippen molar-refractivity contribution in [2.24, 2.45) is 11.1 Å². The summed E-state index contributed by atoms with van der Waals surface area (Å²) in [6.45, 7) is 5.70. The Hall–Kier alpha value is -0.770. The van der Waals surface area contributed by atoms with Crippen molar-refractivity contribution in [3.63, 3.8) is 0 Å². The maximum Gasteiger partial charge on any atom is 0.241 e. The standard InChI is InChI=1S/C12H16Cl2N2O/c1-12(2,3)10(15)11(17)16-9-6-7(13)4-5-8(9)14/h4-6,10H,15H2,1-3H3,(H,16,17). The Morgan fingerprint density at radius 1 is 1.35 bits per heavy atom. The lowest BCUT2D eigenvalue weighted by Gasteiger charge is -2.26. The molecule has 1 unspecified atom stereocenters. The largest absolute Gasteiger partial charge is 0.323 e. The fourth-order valence-electron chi connectivity index (χ4n) is 1.20. The number of nitrogens with two attached hydrogens (primary N) is 1. The van der Waals surface area contributed by atoms with Crippen LogP contribution >= 0.6 is 23.2 Å². The fourth-order valence-corrected chi connectivity index (χ4v) is 1.53. The number of amides is 1. The number of hydrogen-bond donors (Lipinski definition) is 2. The van der Waals surface area contributed by atoms with Gasteiger partial charge in [-0.05, 0) is 23.6 Å². The number of rotatable bonds is 2. The van der Waals surface area contributed by atoms with Crippen LogP contribution in [-0.2, 0) is 4.79 Å². The summed E-state index contributed by atoms with van der Waals surface area (Å²) in [5.74, 6) is -0.276. The topological polar surface area (TPSA) is 55.1 Å². The molecular weight excluding hydrogens is 259 g/mol. The van der Waals surface area contributed by atoms with E-state index in [0.717, 1.165) is 0 Å². The van der Waals surface area contributed by atoms with Crippen molar-refractivity contribution in [1.82, 2.24) is 0 Å². The van der Waals surface area contributed by atoms with Crippen molar-refractivity contribution in [1.29, 1.82) is 0 Å². The maximum atomic E-state index is 11.9. The molecule has 0 fully saturated rings. The second-order valence-corrected chi connectivity index (χ2v) is 5.80. The molecule has 1 atom stereocenters. The van der Waals surface area contributed by atoms with E-state index in [2.05, 4.69) is 5.32 Å². The molecule has 1 aromatic carbocycles. The molecule has 3 nitrogen and oxygen atoms in total. The van der Waals surface area contributed by atoms with Gasteiger partial charge in [0.2, 0.25) is 5.91 Å². The molecule has 0 aromatic heterocycles. The van der Waals surface area contributed by atoms with Crippen LogP contribution in [0.5, 0.6) is 0 Å². The number of nitrogens with one attached hydrogen (secondary N) is 1. The van der Waals surface area contributed by atoms with Crippen LogP contribution in [0, 0.1) is 5.41 Å². The van der Waals surface area contributed by atoms with Crippen LogP contribution in [0.2, 0.25) is 10.0 Å². The Bertz CT molecular complexity index is 427. The van der Waals surface area contributed by atoms with Gasteiger partial charge in [0, 0.05) is 5.02 Å². The highest BCUT2D eigenvalue weighted by atomic mass is 35.5. The van der Waals surface area contributed by atoms with Crippen molar-refractivity contribution in [2.45, 2.75) is 26.8 Å². The van der Waals surface area contributed by atoms with Gasteiger partial charge in [-0.15, -0.1) is 0 Å². The van der Waals surface area contributed by atoms with Crippen molar-refractivity contribution in [2.75, 3.05) is 5.32 Å². The van der Waals surface area contributed by atoms with Crippen molar-refractivity contribution in [3.05, 3.63) is 28.2 Å². The van der Waals surface area contributed by atoms with Crippen LogP contribution in [0.1, 0.15) is 20.8 Å². The first-order chi connectivity index (χ1) is 7.71. The Balaban J connectivity index is 2.85. The summed E-state index contributed by atoms with van der Waals surface area (Å²) in [5.41, 5.74) is 6.01. The molecule has 0 bridgehead atoms. The Kier molecular flexibility index (Phi) is 4.42. The van der Waals surface area contributed by atoms with E-state index in [1.807, 2.05) is 20.8 Å². The molecule has 1 amide bonds. The average Bonchev–Trinajstić information content (AvgIpc) is 2.21. The normalized spacial score (nSPS) is 13.3. The molecular formula is C12H16Cl2N2O. The summed E-state index contributed by atoms with van der Waals surface area (Å²) in [7, 11) is 0. The molecule has 94 valence electrons. The number of benzene rings is 1. The van der Waals surface area contributed by atoms with E-state index in [1.165, 1.54) is 0 Å². The van der Waals surface area contributed by atoms with Gasteiger partial charge in [-0.25, -0.2) is 0 Å².